The molecule has 2 N–H and O–H groups in total. The predicted octanol–water partition coefficient (Wildman–Crippen LogP) is 0.695. The summed E-state index contributed by atoms with van der Waals surface area (Å²) >= 11 is 0. The number of allylic oxidation sites excluding steroid dienone is 1. The van der Waals surface area contributed by atoms with Crippen LogP contribution in [0.4, 0.5) is 0 Å². The van der Waals surface area contributed by atoms with Crippen LogP contribution in [0.3, 0.4) is 0 Å². The number of hydrogen-bond acceptors (Lipinski definition) is 6. The van der Waals surface area contributed by atoms with Gasteiger partial charge in [0.1, 0.15) is 12.2 Å². The fourth-order valence-electron chi connectivity index (χ4n) is 1.22. The van der Waals surface area contributed by atoms with Crippen LogP contribution in [0.15, 0.2) is 11.3 Å². The first kappa shape index (κ1) is 16.1. The maximum absolute atomic E-state index is 11.6. The molecule has 0 bridgehead atoms. The van der Waals surface area contributed by atoms with Crippen molar-refractivity contribution in [2.75, 3.05) is 13.2 Å². The molecule has 0 heterocycles. The molecule has 0 aliphatic heterocycles. The first-order valence-corrected chi connectivity index (χ1v) is 5.72. The molecule has 0 aromatic rings. The molecule has 0 amide bonds. The zero-order valence-corrected chi connectivity index (χ0v) is 10.9. The second kappa shape index (κ2) is 8.27. The van der Waals surface area contributed by atoms with Crippen LogP contribution >= 0.6 is 0 Å². The van der Waals surface area contributed by atoms with Crippen LogP contribution < -0.4 is 5.73 Å². The van der Waals surface area contributed by atoms with Crippen LogP contribution in [-0.2, 0) is 23.9 Å². The molecule has 6 heteroatoms. The molecule has 0 aromatic carbocycles. The van der Waals surface area contributed by atoms with Gasteiger partial charge in [-0.05, 0) is 20.8 Å². The fourth-order valence-corrected chi connectivity index (χ4v) is 1.22. The third-order valence-electron chi connectivity index (χ3n) is 2.02. The summed E-state index contributed by atoms with van der Waals surface area (Å²) in [6.45, 7) is 5.21. The standard InChI is InChI=1S/C12H19NO5/c1-4-17-11(15)7-9(14)6-10(8(3)13)12(16)18-5-2/h4-7,13H2,1-3H3/b10-8+. The molecule has 0 spiro atoms. The van der Waals surface area contributed by atoms with Gasteiger partial charge in [0.25, 0.3) is 0 Å². The van der Waals surface area contributed by atoms with Crippen molar-refractivity contribution >= 4 is 17.7 Å². The minimum Gasteiger partial charge on any atom is -0.466 e. The quantitative estimate of drug-likeness (QED) is 0.409. The van der Waals surface area contributed by atoms with E-state index in [9.17, 15) is 14.4 Å². The lowest BCUT2D eigenvalue weighted by molar-refractivity contribution is -0.146. The zero-order chi connectivity index (χ0) is 14.1. The van der Waals surface area contributed by atoms with Crippen molar-refractivity contribution < 1.29 is 23.9 Å². The second-order valence-corrected chi connectivity index (χ2v) is 3.58. The first-order valence-electron chi connectivity index (χ1n) is 5.72. The third kappa shape index (κ3) is 6.03. The Morgan fingerprint density at radius 3 is 2.00 bits per heavy atom. The van der Waals surface area contributed by atoms with Gasteiger partial charge < -0.3 is 15.2 Å². The summed E-state index contributed by atoms with van der Waals surface area (Å²) in [6.07, 6.45) is -0.593. The molecule has 0 fully saturated rings. The number of Topliss-reactive ketones (excluding diaryl/α,β-unsaturated/α-hetero) is 1. The largest absolute Gasteiger partial charge is 0.466 e. The molecular formula is C12H19NO5. The molecule has 0 aliphatic rings. The van der Waals surface area contributed by atoms with Crippen molar-refractivity contribution in [3.05, 3.63) is 11.3 Å². The average Bonchev–Trinajstić information content (AvgIpc) is 2.25. The van der Waals surface area contributed by atoms with Gasteiger partial charge >= 0.3 is 11.9 Å². The SMILES string of the molecule is CCOC(=O)CC(=O)C/C(C(=O)OCC)=C(/C)N. The Balaban J connectivity index is 4.53. The Morgan fingerprint density at radius 2 is 1.56 bits per heavy atom. The molecule has 0 saturated carbocycles. The van der Waals surface area contributed by atoms with E-state index in [1.165, 1.54) is 6.92 Å². The van der Waals surface area contributed by atoms with Gasteiger partial charge in [-0.3, -0.25) is 9.59 Å². The lowest BCUT2D eigenvalue weighted by Crippen LogP contribution is -2.18. The van der Waals surface area contributed by atoms with Gasteiger partial charge in [-0.2, -0.15) is 0 Å². The highest BCUT2D eigenvalue weighted by Crippen LogP contribution is 2.10. The van der Waals surface area contributed by atoms with E-state index >= 15 is 0 Å². The highest BCUT2D eigenvalue weighted by atomic mass is 16.5. The Kier molecular flexibility index (Phi) is 7.42. The number of rotatable bonds is 7. The van der Waals surface area contributed by atoms with E-state index in [2.05, 4.69) is 4.74 Å². The van der Waals surface area contributed by atoms with Gasteiger partial charge in [0, 0.05) is 12.1 Å². The van der Waals surface area contributed by atoms with E-state index in [1.807, 2.05) is 0 Å². The van der Waals surface area contributed by atoms with Crippen LogP contribution in [0, 0.1) is 0 Å². The maximum Gasteiger partial charge on any atom is 0.336 e. The number of carbonyl (C=O) groups excluding carboxylic acids is 3. The van der Waals surface area contributed by atoms with Crippen molar-refractivity contribution in [3.63, 3.8) is 0 Å². The Labute approximate surface area is 106 Å². The summed E-state index contributed by atoms with van der Waals surface area (Å²) in [5, 5.41) is 0. The number of carbonyl (C=O) groups is 3. The van der Waals surface area contributed by atoms with Crippen LogP contribution in [0.2, 0.25) is 0 Å². The molecule has 0 aromatic heterocycles. The smallest absolute Gasteiger partial charge is 0.336 e. The number of hydrogen-bond donors (Lipinski definition) is 1. The van der Waals surface area contributed by atoms with Gasteiger partial charge in [0.05, 0.1) is 18.8 Å². The third-order valence-corrected chi connectivity index (χ3v) is 2.02. The minimum absolute atomic E-state index is 0.0890. The van der Waals surface area contributed by atoms with Crippen molar-refractivity contribution in [1.29, 1.82) is 0 Å². The number of ether oxygens (including phenoxy) is 2. The van der Waals surface area contributed by atoms with E-state index in [0.29, 0.717) is 0 Å². The van der Waals surface area contributed by atoms with Crippen LogP contribution in [0.1, 0.15) is 33.6 Å². The van der Waals surface area contributed by atoms with E-state index in [0.717, 1.165) is 0 Å². The summed E-state index contributed by atoms with van der Waals surface area (Å²) in [5.74, 6) is -1.67. The summed E-state index contributed by atoms with van der Waals surface area (Å²) in [6, 6.07) is 0. The molecular weight excluding hydrogens is 238 g/mol. The summed E-state index contributed by atoms with van der Waals surface area (Å²) in [4.78, 5) is 34.2. The molecule has 0 atom stereocenters. The van der Waals surface area contributed by atoms with Gasteiger partial charge in [-0.15, -0.1) is 0 Å². The second-order valence-electron chi connectivity index (χ2n) is 3.58. The molecule has 0 saturated heterocycles. The van der Waals surface area contributed by atoms with Crippen molar-refractivity contribution in [1.82, 2.24) is 0 Å². The van der Waals surface area contributed by atoms with Gasteiger partial charge in [0.2, 0.25) is 0 Å². The highest BCUT2D eigenvalue weighted by Gasteiger charge is 2.19. The molecule has 18 heavy (non-hydrogen) atoms. The lowest BCUT2D eigenvalue weighted by Gasteiger charge is -2.08. The number of esters is 2. The zero-order valence-electron chi connectivity index (χ0n) is 10.9. The monoisotopic (exact) mass is 257 g/mol. The van der Waals surface area contributed by atoms with E-state index < -0.39 is 17.7 Å². The number of ketones is 1. The first-order chi connectivity index (χ1) is 8.42. The molecule has 102 valence electrons. The van der Waals surface area contributed by atoms with Crippen LogP contribution in [0.25, 0.3) is 0 Å². The highest BCUT2D eigenvalue weighted by molar-refractivity contribution is 6.02. The van der Waals surface area contributed by atoms with E-state index in [4.69, 9.17) is 10.5 Å². The number of nitrogens with two attached hydrogens (primary N) is 1. The summed E-state index contributed by atoms with van der Waals surface area (Å²) in [7, 11) is 0. The van der Waals surface area contributed by atoms with Crippen molar-refractivity contribution in [2.45, 2.75) is 33.6 Å². The van der Waals surface area contributed by atoms with Crippen molar-refractivity contribution in [2.24, 2.45) is 5.73 Å². The molecule has 0 unspecified atom stereocenters. The van der Waals surface area contributed by atoms with Crippen molar-refractivity contribution in [3.8, 4) is 0 Å². The van der Waals surface area contributed by atoms with Crippen LogP contribution in [-0.4, -0.2) is 30.9 Å². The van der Waals surface area contributed by atoms with Crippen LogP contribution in [0.5, 0.6) is 0 Å². The Bertz CT molecular complexity index is 355. The summed E-state index contributed by atoms with van der Waals surface area (Å²) < 4.78 is 9.41. The Hall–Kier alpha value is -1.85. The summed E-state index contributed by atoms with van der Waals surface area (Å²) in [5.41, 5.74) is 5.82. The predicted molar refractivity (Wildman–Crippen MR) is 64.4 cm³/mol. The average molecular weight is 257 g/mol. The van der Waals surface area contributed by atoms with Gasteiger partial charge in [-0.1, -0.05) is 0 Å². The van der Waals surface area contributed by atoms with E-state index in [1.54, 1.807) is 13.8 Å². The van der Waals surface area contributed by atoms with E-state index in [-0.39, 0.29) is 37.3 Å². The Morgan fingerprint density at radius 1 is 1.00 bits per heavy atom. The fraction of sp³-hybridized carbons (Fsp3) is 0.583. The minimum atomic E-state index is -0.630. The van der Waals surface area contributed by atoms with Gasteiger partial charge in [0.15, 0.2) is 0 Å². The topological polar surface area (TPSA) is 95.7 Å². The maximum atomic E-state index is 11.6. The molecule has 6 nitrogen and oxygen atoms in total. The molecule has 0 aliphatic carbocycles. The van der Waals surface area contributed by atoms with Gasteiger partial charge in [-0.25, -0.2) is 4.79 Å². The molecule has 0 rings (SSSR count). The molecule has 0 radical (unpaired) electrons. The lowest BCUT2D eigenvalue weighted by atomic mass is 10.1. The normalized spacial score (nSPS) is 11.5.